The summed E-state index contributed by atoms with van der Waals surface area (Å²) in [4.78, 5) is 26.8. The molecule has 9 heteroatoms. The maximum Gasteiger partial charge on any atom is 0.407 e. The number of aromatic amines is 1. The van der Waals surface area contributed by atoms with Crippen molar-refractivity contribution in [3.05, 3.63) is 35.5 Å². The number of rotatable bonds is 6. The zero-order valence-corrected chi connectivity index (χ0v) is 19.4. The second-order valence-electron chi connectivity index (χ2n) is 9.39. The van der Waals surface area contributed by atoms with E-state index in [4.69, 9.17) is 4.74 Å². The quantitative estimate of drug-likeness (QED) is 0.528. The lowest BCUT2D eigenvalue weighted by Crippen LogP contribution is -2.33. The van der Waals surface area contributed by atoms with Gasteiger partial charge in [-0.3, -0.25) is 9.89 Å². The fraction of sp³-hybridized carbons (Fsp3) is 0.542. The maximum absolute atomic E-state index is 12.8. The van der Waals surface area contributed by atoms with E-state index in [1.54, 1.807) is 6.07 Å². The van der Waals surface area contributed by atoms with Crippen molar-refractivity contribution in [2.45, 2.75) is 64.5 Å². The number of hydrogen-bond acceptors (Lipinski definition) is 6. The molecule has 2 fully saturated rings. The van der Waals surface area contributed by atoms with Crippen LogP contribution in [-0.4, -0.2) is 52.5 Å². The standard InChI is InChI=1S/C24H33N5O4/c1-14(2)25-24(32)33-18-8-7-16(11-18)19-12-22(28-27-19)26-23(31)17-9-10-29(13-17)20-5-4-6-21(30)15(20)3/h4-6,12,14,16-18,30H,7-11,13H2,1-3H3,(H,25,32)(H2,26,27,28,31). The number of carbonyl (C=O) groups is 2. The molecule has 2 aromatic rings. The van der Waals surface area contributed by atoms with Crippen molar-refractivity contribution in [1.29, 1.82) is 0 Å². The van der Waals surface area contributed by atoms with Crippen LogP contribution in [0.4, 0.5) is 16.3 Å². The van der Waals surface area contributed by atoms with Gasteiger partial charge in [0.05, 0.1) is 5.92 Å². The zero-order chi connectivity index (χ0) is 23.5. The summed E-state index contributed by atoms with van der Waals surface area (Å²) < 4.78 is 5.50. The van der Waals surface area contributed by atoms with E-state index in [1.807, 2.05) is 39.0 Å². The Morgan fingerprint density at radius 3 is 2.88 bits per heavy atom. The molecule has 2 amide bonds. The Bertz CT molecular complexity index is 1000. The lowest BCUT2D eigenvalue weighted by Gasteiger charge is -2.21. The molecule has 3 unspecified atom stereocenters. The smallest absolute Gasteiger partial charge is 0.407 e. The number of phenolic OH excluding ortho intramolecular Hbond substituents is 1. The summed E-state index contributed by atoms with van der Waals surface area (Å²) in [5.41, 5.74) is 2.74. The van der Waals surface area contributed by atoms with Gasteiger partial charge in [0.1, 0.15) is 11.9 Å². The molecule has 1 aliphatic carbocycles. The topological polar surface area (TPSA) is 120 Å². The molecule has 1 aromatic carbocycles. The number of phenols is 1. The van der Waals surface area contributed by atoms with Gasteiger partial charge in [0.2, 0.25) is 5.91 Å². The molecule has 4 rings (SSSR count). The van der Waals surface area contributed by atoms with Crippen LogP contribution in [0.25, 0.3) is 0 Å². The molecule has 1 saturated heterocycles. The van der Waals surface area contributed by atoms with Crippen LogP contribution in [0, 0.1) is 12.8 Å². The summed E-state index contributed by atoms with van der Waals surface area (Å²) in [6.07, 6.45) is 2.71. The average Bonchev–Trinajstić information content (AvgIpc) is 3.50. The van der Waals surface area contributed by atoms with Crippen LogP contribution >= 0.6 is 0 Å². The van der Waals surface area contributed by atoms with Crippen LogP contribution in [0.15, 0.2) is 24.3 Å². The van der Waals surface area contributed by atoms with E-state index < -0.39 is 0 Å². The number of ether oxygens (including phenoxy) is 1. The van der Waals surface area contributed by atoms with Gasteiger partial charge in [0.25, 0.3) is 0 Å². The van der Waals surface area contributed by atoms with Gasteiger partial charge in [-0.15, -0.1) is 0 Å². The number of amides is 2. The molecule has 1 aromatic heterocycles. The highest BCUT2D eigenvalue weighted by Gasteiger charge is 2.32. The van der Waals surface area contributed by atoms with Gasteiger partial charge in [-0.1, -0.05) is 6.07 Å². The molecule has 2 aliphatic rings. The van der Waals surface area contributed by atoms with E-state index in [9.17, 15) is 14.7 Å². The van der Waals surface area contributed by atoms with Crippen molar-refractivity contribution in [3.63, 3.8) is 0 Å². The Morgan fingerprint density at radius 1 is 1.27 bits per heavy atom. The molecule has 0 radical (unpaired) electrons. The monoisotopic (exact) mass is 455 g/mol. The third kappa shape index (κ3) is 5.40. The number of nitrogens with one attached hydrogen (secondary N) is 3. The molecule has 2 heterocycles. The maximum atomic E-state index is 12.8. The third-order valence-electron chi connectivity index (χ3n) is 6.53. The molecule has 33 heavy (non-hydrogen) atoms. The van der Waals surface area contributed by atoms with Gasteiger partial charge in [0.15, 0.2) is 5.82 Å². The van der Waals surface area contributed by atoms with E-state index >= 15 is 0 Å². The van der Waals surface area contributed by atoms with E-state index in [2.05, 4.69) is 25.7 Å². The summed E-state index contributed by atoms with van der Waals surface area (Å²) in [6, 6.07) is 7.40. The summed E-state index contributed by atoms with van der Waals surface area (Å²) in [6.45, 7) is 7.06. The molecule has 0 spiro atoms. The Hall–Kier alpha value is -3.23. The highest BCUT2D eigenvalue weighted by atomic mass is 16.6. The van der Waals surface area contributed by atoms with E-state index in [1.165, 1.54) is 0 Å². The molecule has 1 aliphatic heterocycles. The van der Waals surface area contributed by atoms with Crippen LogP contribution in [0.2, 0.25) is 0 Å². The van der Waals surface area contributed by atoms with Crippen molar-refractivity contribution in [2.24, 2.45) is 5.92 Å². The molecular weight excluding hydrogens is 422 g/mol. The van der Waals surface area contributed by atoms with Crippen molar-refractivity contribution in [2.75, 3.05) is 23.3 Å². The highest BCUT2D eigenvalue weighted by Crippen LogP contribution is 2.36. The zero-order valence-electron chi connectivity index (χ0n) is 19.4. The number of nitrogens with zero attached hydrogens (tertiary/aromatic N) is 2. The van der Waals surface area contributed by atoms with Crippen LogP contribution in [-0.2, 0) is 9.53 Å². The number of benzene rings is 1. The molecule has 9 nitrogen and oxygen atoms in total. The number of hydrogen-bond donors (Lipinski definition) is 4. The highest BCUT2D eigenvalue weighted by molar-refractivity contribution is 5.92. The minimum absolute atomic E-state index is 0.0456. The fourth-order valence-electron chi connectivity index (χ4n) is 4.74. The number of H-pyrrole nitrogens is 1. The first-order chi connectivity index (χ1) is 15.8. The van der Waals surface area contributed by atoms with Gasteiger partial charge >= 0.3 is 6.09 Å². The molecule has 3 atom stereocenters. The van der Waals surface area contributed by atoms with Crippen LogP contribution in [0.3, 0.4) is 0 Å². The number of aromatic nitrogens is 2. The Kier molecular flexibility index (Phi) is 6.76. The van der Waals surface area contributed by atoms with E-state index in [0.29, 0.717) is 12.4 Å². The van der Waals surface area contributed by atoms with Crippen LogP contribution < -0.4 is 15.5 Å². The summed E-state index contributed by atoms with van der Waals surface area (Å²) in [7, 11) is 0. The van der Waals surface area contributed by atoms with Gasteiger partial charge in [-0.05, 0) is 58.6 Å². The van der Waals surface area contributed by atoms with Crippen molar-refractivity contribution >= 4 is 23.5 Å². The largest absolute Gasteiger partial charge is 0.508 e. The average molecular weight is 456 g/mol. The normalized spacial score (nSPS) is 22.5. The third-order valence-corrected chi connectivity index (χ3v) is 6.53. The first-order valence-electron chi connectivity index (χ1n) is 11.7. The number of alkyl carbamates (subject to hydrolysis) is 1. The van der Waals surface area contributed by atoms with Crippen LogP contribution in [0.1, 0.15) is 56.7 Å². The number of anilines is 2. The van der Waals surface area contributed by atoms with Crippen molar-refractivity contribution < 1.29 is 19.4 Å². The predicted octanol–water partition coefficient (Wildman–Crippen LogP) is 3.66. The van der Waals surface area contributed by atoms with E-state index in [-0.39, 0.29) is 41.7 Å². The molecule has 4 N–H and O–H groups in total. The Labute approximate surface area is 193 Å². The second kappa shape index (κ2) is 9.72. The predicted molar refractivity (Wildman–Crippen MR) is 126 cm³/mol. The van der Waals surface area contributed by atoms with Gasteiger partial charge < -0.3 is 25.4 Å². The SMILES string of the molecule is Cc1c(O)cccc1N1CCC(C(=O)Nc2cc(C3CCC(OC(=O)NC(C)C)C3)[nH]n2)C1. The van der Waals surface area contributed by atoms with E-state index in [0.717, 1.165) is 49.2 Å². The van der Waals surface area contributed by atoms with Gasteiger partial charge in [-0.2, -0.15) is 5.10 Å². The Balaban J connectivity index is 1.29. The lowest BCUT2D eigenvalue weighted by molar-refractivity contribution is -0.119. The number of carbonyl (C=O) groups excluding carboxylic acids is 2. The summed E-state index contributed by atoms with van der Waals surface area (Å²) >= 11 is 0. The second-order valence-corrected chi connectivity index (χ2v) is 9.39. The molecular formula is C24H33N5O4. The van der Waals surface area contributed by atoms with Crippen molar-refractivity contribution in [1.82, 2.24) is 15.5 Å². The van der Waals surface area contributed by atoms with Gasteiger partial charge in [-0.25, -0.2) is 4.79 Å². The first kappa shape index (κ1) is 22.9. The van der Waals surface area contributed by atoms with Gasteiger partial charge in [0, 0.05) is 48.1 Å². The summed E-state index contributed by atoms with van der Waals surface area (Å²) in [5, 5.41) is 23.0. The first-order valence-corrected chi connectivity index (χ1v) is 11.7. The molecule has 0 bridgehead atoms. The Morgan fingerprint density at radius 2 is 2.09 bits per heavy atom. The summed E-state index contributed by atoms with van der Waals surface area (Å²) in [5.74, 6) is 0.811. The van der Waals surface area contributed by atoms with Crippen LogP contribution in [0.5, 0.6) is 5.75 Å². The molecule has 178 valence electrons. The fourth-order valence-corrected chi connectivity index (χ4v) is 4.74. The lowest BCUT2D eigenvalue weighted by atomic mass is 10.0. The van der Waals surface area contributed by atoms with Crippen molar-refractivity contribution in [3.8, 4) is 5.75 Å². The molecule has 1 saturated carbocycles. The minimum atomic E-state index is -0.375. The number of aromatic hydroxyl groups is 1. The minimum Gasteiger partial charge on any atom is -0.508 e.